The molecule has 0 saturated carbocycles. The van der Waals surface area contributed by atoms with E-state index in [2.05, 4.69) is 41.9 Å². The van der Waals surface area contributed by atoms with E-state index < -0.39 is 0 Å². The molecule has 0 atom stereocenters. The van der Waals surface area contributed by atoms with Gasteiger partial charge < -0.3 is 5.32 Å². The van der Waals surface area contributed by atoms with E-state index in [0.717, 1.165) is 31.1 Å². The number of aromatic nitrogens is 2. The van der Waals surface area contributed by atoms with Crippen LogP contribution in [0.15, 0.2) is 30.5 Å². The van der Waals surface area contributed by atoms with Crippen molar-refractivity contribution in [2.24, 2.45) is 5.92 Å². The van der Waals surface area contributed by atoms with Gasteiger partial charge in [0, 0.05) is 22.8 Å². The minimum atomic E-state index is 0.664. The van der Waals surface area contributed by atoms with Crippen LogP contribution in [-0.2, 0) is 19.5 Å². The van der Waals surface area contributed by atoms with Crippen LogP contribution in [0.25, 0.3) is 0 Å². The minimum Gasteiger partial charge on any atom is -0.312 e. The average Bonchev–Trinajstić information content (AvgIpc) is 2.80. The zero-order valence-electron chi connectivity index (χ0n) is 13.1. The Bertz CT molecular complexity index is 575. The molecule has 1 N–H and O–H groups in total. The lowest BCUT2D eigenvalue weighted by atomic mass is 10.1. The van der Waals surface area contributed by atoms with Crippen LogP contribution < -0.4 is 5.32 Å². The molecule has 1 aromatic heterocycles. The second kappa shape index (κ2) is 7.62. The molecule has 4 heteroatoms. The van der Waals surface area contributed by atoms with Gasteiger partial charge in [0.25, 0.3) is 0 Å². The van der Waals surface area contributed by atoms with Crippen LogP contribution in [0.5, 0.6) is 0 Å². The highest BCUT2D eigenvalue weighted by Gasteiger charge is 2.09. The monoisotopic (exact) mass is 305 g/mol. The van der Waals surface area contributed by atoms with Crippen molar-refractivity contribution >= 4 is 11.6 Å². The number of nitrogens with one attached hydrogen (secondary N) is 1. The Labute approximate surface area is 132 Å². The van der Waals surface area contributed by atoms with Crippen LogP contribution in [0, 0.1) is 5.92 Å². The Morgan fingerprint density at radius 2 is 2.14 bits per heavy atom. The van der Waals surface area contributed by atoms with Crippen LogP contribution in [-0.4, -0.2) is 16.3 Å². The largest absolute Gasteiger partial charge is 0.312 e. The SMILES string of the molecule is CCc1c(CNCC(C)C)cnn1Cc1cccc(Cl)c1. The van der Waals surface area contributed by atoms with Gasteiger partial charge in [0.05, 0.1) is 12.7 Å². The maximum Gasteiger partial charge on any atom is 0.0663 e. The van der Waals surface area contributed by atoms with E-state index in [0.29, 0.717) is 5.92 Å². The molecule has 114 valence electrons. The summed E-state index contributed by atoms with van der Waals surface area (Å²) >= 11 is 6.05. The molecule has 0 spiro atoms. The summed E-state index contributed by atoms with van der Waals surface area (Å²) in [7, 11) is 0. The predicted octanol–water partition coefficient (Wildman–Crippen LogP) is 3.89. The van der Waals surface area contributed by atoms with Crippen LogP contribution in [0.1, 0.15) is 37.6 Å². The molecule has 1 heterocycles. The third-order valence-corrected chi connectivity index (χ3v) is 3.69. The summed E-state index contributed by atoms with van der Waals surface area (Å²) in [5.41, 5.74) is 3.77. The number of benzene rings is 1. The first kappa shape index (κ1) is 16.1. The summed E-state index contributed by atoms with van der Waals surface area (Å²) in [6.07, 6.45) is 2.97. The van der Waals surface area contributed by atoms with Gasteiger partial charge in [-0.3, -0.25) is 4.68 Å². The van der Waals surface area contributed by atoms with E-state index in [1.54, 1.807) is 0 Å². The standard InChI is InChI=1S/C17H24ClN3/c1-4-17-15(10-19-9-13(2)3)11-20-21(17)12-14-6-5-7-16(18)8-14/h5-8,11,13,19H,4,9-10,12H2,1-3H3. The van der Waals surface area contributed by atoms with Crippen molar-refractivity contribution in [1.29, 1.82) is 0 Å². The van der Waals surface area contributed by atoms with Crippen LogP contribution in [0.2, 0.25) is 5.02 Å². The molecule has 2 aromatic rings. The Morgan fingerprint density at radius 3 is 2.81 bits per heavy atom. The highest BCUT2D eigenvalue weighted by molar-refractivity contribution is 6.30. The van der Waals surface area contributed by atoms with Crippen LogP contribution >= 0.6 is 11.6 Å². The fourth-order valence-electron chi connectivity index (χ4n) is 2.45. The normalized spacial score (nSPS) is 11.3. The molecule has 0 radical (unpaired) electrons. The lowest BCUT2D eigenvalue weighted by Crippen LogP contribution is -2.19. The summed E-state index contributed by atoms with van der Waals surface area (Å²) in [5.74, 6) is 0.664. The second-order valence-corrected chi connectivity index (χ2v) is 6.22. The number of rotatable bonds is 7. The smallest absolute Gasteiger partial charge is 0.0663 e. The first-order valence-electron chi connectivity index (χ1n) is 7.58. The lowest BCUT2D eigenvalue weighted by molar-refractivity contribution is 0.549. The van der Waals surface area contributed by atoms with Gasteiger partial charge in [-0.15, -0.1) is 0 Å². The van der Waals surface area contributed by atoms with Crippen molar-refractivity contribution in [3.63, 3.8) is 0 Å². The molecular formula is C17H24ClN3. The Hall–Kier alpha value is -1.32. The molecule has 0 aliphatic carbocycles. The van der Waals surface area contributed by atoms with Gasteiger partial charge >= 0.3 is 0 Å². The number of hydrogen-bond acceptors (Lipinski definition) is 2. The average molecular weight is 306 g/mol. The molecule has 0 saturated heterocycles. The first-order chi connectivity index (χ1) is 10.1. The van der Waals surface area contributed by atoms with Gasteiger partial charge in [-0.1, -0.05) is 44.5 Å². The van der Waals surface area contributed by atoms with Gasteiger partial charge in [-0.05, 0) is 36.6 Å². The summed E-state index contributed by atoms with van der Waals surface area (Å²) in [6.45, 7) is 9.30. The fourth-order valence-corrected chi connectivity index (χ4v) is 2.66. The van der Waals surface area contributed by atoms with Crippen molar-refractivity contribution in [2.45, 2.75) is 40.3 Å². The third kappa shape index (κ3) is 4.58. The Morgan fingerprint density at radius 1 is 1.33 bits per heavy atom. The van der Waals surface area contributed by atoms with Crippen molar-refractivity contribution in [1.82, 2.24) is 15.1 Å². The molecule has 2 rings (SSSR count). The highest BCUT2D eigenvalue weighted by atomic mass is 35.5. The first-order valence-corrected chi connectivity index (χ1v) is 7.96. The van der Waals surface area contributed by atoms with E-state index in [-0.39, 0.29) is 0 Å². The van der Waals surface area contributed by atoms with E-state index >= 15 is 0 Å². The zero-order chi connectivity index (χ0) is 15.2. The molecule has 0 fully saturated rings. The number of nitrogens with zero attached hydrogens (tertiary/aromatic N) is 2. The maximum absolute atomic E-state index is 6.05. The summed E-state index contributed by atoms with van der Waals surface area (Å²) in [5, 5.41) is 8.81. The van der Waals surface area contributed by atoms with Crippen LogP contribution in [0.4, 0.5) is 0 Å². The van der Waals surface area contributed by atoms with Crippen molar-refractivity contribution in [3.8, 4) is 0 Å². The van der Waals surface area contributed by atoms with Crippen molar-refractivity contribution in [3.05, 3.63) is 52.3 Å². The van der Waals surface area contributed by atoms with Gasteiger partial charge in [0.15, 0.2) is 0 Å². The highest BCUT2D eigenvalue weighted by Crippen LogP contribution is 2.15. The molecule has 0 aliphatic rings. The molecule has 0 aliphatic heterocycles. The van der Waals surface area contributed by atoms with E-state index in [9.17, 15) is 0 Å². The third-order valence-electron chi connectivity index (χ3n) is 3.46. The summed E-state index contributed by atoms with van der Waals surface area (Å²) < 4.78 is 2.08. The molecule has 0 amide bonds. The molecule has 21 heavy (non-hydrogen) atoms. The van der Waals surface area contributed by atoms with E-state index in [1.807, 2.05) is 24.4 Å². The minimum absolute atomic E-state index is 0.664. The topological polar surface area (TPSA) is 29.9 Å². The quantitative estimate of drug-likeness (QED) is 0.841. The molecular weight excluding hydrogens is 282 g/mol. The van der Waals surface area contributed by atoms with Crippen molar-refractivity contribution < 1.29 is 0 Å². The fraction of sp³-hybridized carbons (Fsp3) is 0.471. The number of halogens is 1. The van der Waals surface area contributed by atoms with Gasteiger partial charge in [-0.2, -0.15) is 5.10 Å². The van der Waals surface area contributed by atoms with Crippen molar-refractivity contribution in [2.75, 3.05) is 6.54 Å². The van der Waals surface area contributed by atoms with E-state index in [4.69, 9.17) is 11.6 Å². The maximum atomic E-state index is 6.05. The molecule has 0 bridgehead atoms. The zero-order valence-corrected chi connectivity index (χ0v) is 13.8. The van der Waals surface area contributed by atoms with Gasteiger partial charge in [-0.25, -0.2) is 0 Å². The molecule has 3 nitrogen and oxygen atoms in total. The van der Waals surface area contributed by atoms with Crippen LogP contribution in [0.3, 0.4) is 0 Å². The van der Waals surface area contributed by atoms with Gasteiger partial charge in [0.1, 0.15) is 0 Å². The molecule has 1 aromatic carbocycles. The van der Waals surface area contributed by atoms with Gasteiger partial charge in [0.2, 0.25) is 0 Å². The second-order valence-electron chi connectivity index (χ2n) is 5.78. The number of hydrogen-bond donors (Lipinski definition) is 1. The summed E-state index contributed by atoms with van der Waals surface area (Å²) in [4.78, 5) is 0. The summed E-state index contributed by atoms with van der Waals surface area (Å²) in [6, 6.07) is 7.97. The lowest BCUT2D eigenvalue weighted by Gasteiger charge is -2.10. The Kier molecular flexibility index (Phi) is 5.83. The van der Waals surface area contributed by atoms with E-state index in [1.165, 1.54) is 16.8 Å². The predicted molar refractivity (Wildman–Crippen MR) is 88.7 cm³/mol. The molecule has 0 unspecified atom stereocenters. The Balaban J connectivity index is 2.08.